The topological polar surface area (TPSA) is 46.6 Å². The zero-order valence-corrected chi connectivity index (χ0v) is 13.1. The van der Waals surface area contributed by atoms with Gasteiger partial charge in [-0.15, -0.1) is 0 Å². The normalized spacial score (nSPS) is 28.1. The minimum absolute atomic E-state index is 0.0199. The van der Waals surface area contributed by atoms with Crippen LogP contribution in [0.3, 0.4) is 0 Å². The Hall–Kier alpha value is -1.84. The molecular weight excluding hydrogens is 278 g/mol. The summed E-state index contributed by atoms with van der Waals surface area (Å²) in [7, 11) is 0. The Morgan fingerprint density at radius 3 is 2.59 bits per heavy atom. The van der Waals surface area contributed by atoms with E-state index in [0.717, 1.165) is 37.9 Å². The van der Waals surface area contributed by atoms with Crippen LogP contribution in [0, 0.1) is 11.3 Å². The van der Waals surface area contributed by atoms with Crippen molar-refractivity contribution in [1.82, 2.24) is 0 Å². The summed E-state index contributed by atoms with van der Waals surface area (Å²) in [5.74, 6) is 0.161. The number of para-hydroxylation sites is 1. The fraction of sp³-hybridized carbons (Fsp3) is 0.556. The molecule has 1 saturated carbocycles. The minimum Gasteiger partial charge on any atom is -0.466 e. The number of anilines is 1. The van der Waals surface area contributed by atoms with Crippen molar-refractivity contribution in [1.29, 1.82) is 0 Å². The lowest BCUT2D eigenvalue weighted by molar-refractivity contribution is -0.149. The summed E-state index contributed by atoms with van der Waals surface area (Å²) < 4.78 is 5.13. The second kappa shape index (κ2) is 6.11. The summed E-state index contributed by atoms with van der Waals surface area (Å²) in [4.78, 5) is 26.2. The second-order valence-corrected chi connectivity index (χ2v) is 6.52. The molecule has 0 bridgehead atoms. The lowest BCUT2D eigenvalue weighted by Gasteiger charge is -2.35. The van der Waals surface area contributed by atoms with Gasteiger partial charge in [-0.1, -0.05) is 18.2 Å². The molecule has 2 fully saturated rings. The van der Waals surface area contributed by atoms with Gasteiger partial charge in [-0.2, -0.15) is 0 Å². The monoisotopic (exact) mass is 301 g/mol. The predicted molar refractivity (Wildman–Crippen MR) is 84.4 cm³/mol. The number of hydrogen-bond donors (Lipinski definition) is 0. The quantitative estimate of drug-likeness (QED) is 0.806. The Kier molecular flexibility index (Phi) is 4.19. The molecule has 0 radical (unpaired) electrons. The third-order valence-corrected chi connectivity index (χ3v) is 5.05. The number of rotatable bonds is 3. The molecule has 3 rings (SSSR count). The molecule has 1 spiro atoms. The van der Waals surface area contributed by atoms with Crippen LogP contribution < -0.4 is 4.90 Å². The Bertz CT molecular complexity index is 547. The first-order valence-electron chi connectivity index (χ1n) is 8.16. The summed E-state index contributed by atoms with van der Waals surface area (Å²) in [5, 5.41) is 0. The molecule has 1 aliphatic heterocycles. The largest absolute Gasteiger partial charge is 0.466 e. The van der Waals surface area contributed by atoms with E-state index in [-0.39, 0.29) is 23.2 Å². The minimum atomic E-state index is -0.0680. The number of amides is 1. The van der Waals surface area contributed by atoms with Crippen molar-refractivity contribution in [2.24, 2.45) is 11.3 Å². The van der Waals surface area contributed by atoms with Crippen LogP contribution in [-0.2, 0) is 14.3 Å². The van der Waals surface area contributed by atoms with Crippen LogP contribution in [0.4, 0.5) is 5.69 Å². The smallest absolute Gasteiger partial charge is 0.308 e. The van der Waals surface area contributed by atoms with Crippen LogP contribution in [0.5, 0.6) is 0 Å². The van der Waals surface area contributed by atoms with Crippen molar-refractivity contribution in [3.05, 3.63) is 30.3 Å². The molecule has 2 aliphatic rings. The SMILES string of the molecule is CCOC(=O)C1CCC2(CC1)CC(=O)N(c1ccccc1)C2. The van der Waals surface area contributed by atoms with Gasteiger partial charge in [0.2, 0.25) is 5.91 Å². The average molecular weight is 301 g/mol. The number of ether oxygens (including phenoxy) is 1. The van der Waals surface area contributed by atoms with Crippen LogP contribution in [-0.4, -0.2) is 25.0 Å². The van der Waals surface area contributed by atoms with Gasteiger partial charge >= 0.3 is 5.97 Å². The van der Waals surface area contributed by atoms with E-state index >= 15 is 0 Å². The molecule has 1 saturated heterocycles. The van der Waals surface area contributed by atoms with E-state index in [1.165, 1.54) is 0 Å². The first-order valence-corrected chi connectivity index (χ1v) is 8.16. The fourth-order valence-electron chi connectivity index (χ4n) is 3.80. The van der Waals surface area contributed by atoms with Crippen molar-refractivity contribution >= 4 is 17.6 Å². The molecule has 0 atom stereocenters. The highest BCUT2D eigenvalue weighted by Crippen LogP contribution is 2.47. The summed E-state index contributed by atoms with van der Waals surface area (Å²) in [5.41, 5.74) is 1.03. The van der Waals surface area contributed by atoms with Crippen molar-refractivity contribution in [3.63, 3.8) is 0 Å². The standard InChI is InChI=1S/C18H23NO3/c1-2-22-17(21)14-8-10-18(11-9-14)12-16(20)19(13-18)15-6-4-3-5-7-15/h3-7,14H,2,8-13H2,1H3. The Morgan fingerprint density at radius 2 is 1.95 bits per heavy atom. The van der Waals surface area contributed by atoms with E-state index in [0.29, 0.717) is 13.0 Å². The molecule has 1 aromatic carbocycles. The van der Waals surface area contributed by atoms with Crippen molar-refractivity contribution in [2.45, 2.75) is 39.0 Å². The van der Waals surface area contributed by atoms with Gasteiger partial charge in [-0.3, -0.25) is 9.59 Å². The van der Waals surface area contributed by atoms with Crippen LogP contribution >= 0.6 is 0 Å². The molecule has 1 aliphatic carbocycles. The van der Waals surface area contributed by atoms with Gasteiger partial charge in [-0.25, -0.2) is 0 Å². The molecule has 0 unspecified atom stereocenters. The fourth-order valence-corrected chi connectivity index (χ4v) is 3.80. The van der Waals surface area contributed by atoms with Crippen LogP contribution in [0.25, 0.3) is 0 Å². The maximum absolute atomic E-state index is 12.4. The van der Waals surface area contributed by atoms with Gasteiger partial charge in [-0.05, 0) is 50.2 Å². The second-order valence-electron chi connectivity index (χ2n) is 6.52. The predicted octanol–water partition coefficient (Wildman–Crippen LogP) is 3.16. The summed E-state index contributed by atoms with van der Waals surface area (Å²) in [6, 6.07) is 9.86. The highest BCUT2D eigenvalue weighted by atomic mass is 16.5. The van der Waals surface area contributed by atoms with E-state index in [2.05, 4.69) is 0 Å². The number of nitrogens with zero attached hydrogens (tertiary/aromatic N) is 1. The first kappa shape index (κ1) is 15.1. The van der Waals surface area contributed by atoms with Crippen LogP contribution in [0.1, 0.15) is 39.0 Å². The summed E-state index contributed by atoms with van der Waals surface area (Å²) in [6.07, 6.45) is 4.16. The maximum Gasteiger partial charge on any atom is 0.308 e. The lowest BCUT2D eigenvalue weighted by Crippen LogP contribution is -2.34. The third kappa shape index (κ3) is 2.87. The molecule has 1 amide bonds. The molecule has 22 heavy (non-hydrogen) atoms. The van der Waals surface area contributed by atoms with Crippen molar-refractivity contribution in [2.75, 3.05) is 18.1 Å². The van der Waals surface area contributed by atoms with Gasteiger partial charge in [0.15, 0.2) is 0 Å². The number of carbonyl (C=O) groups excluding carboxylic acids is 2. The van der Waals surface area contributed by atoms with Gasteiger partial charge < -0.3 is 9.64 Å². The molecule has 4 nitrogen and oxygen atoms in total. The maximum atomic E-state index is 12.4. The number of hydrogen-bond acceptors (Lipinski definition) is 3. The van der Waals surface area contributed by atoms with E-state index in [4.69, 9.17) is 4.74 Å². The van der Waals surface area contributed by atoms with Gasteiger partial charge in [0.1, 0.15) is 0 Å². The molecule has 0 aromatic heterocycles. The van der Waals surface area contributed by atoms with Crippen LogP contribution in [0.2, 0.25) is 0 Å². The Morgan fingerprint density at radius 1 is 1.27 bits per heavy atom. The third-order valence-electron chi connectivity index (χ3n) is 5.05. The molecule has 118 valence electrons. The van der Waals surface area contributed by atoms with Gasteiger partial charge in [0.25, 0.3) is 0 Å². The number of esters is 1. The molecule has 4 heteroatoms. The lowest BCUT2D eigenvalue weighted by atomic mass is 9.70. The zero-order chi connectivity index (χ0) is 15.6. The zero-order valence-electron chi connectivity index (χ0n) is 13.1. The van der Waals surface area contributed by atoms with Crippen molar-refractivity contribution in [3.8, 4) is 0 Å². The van der Waals surface area contributed by atoms with E-state index in [1.54, 1.807) is 0 Å². The highest BCUT2D eigenvalue weighted by Gasteiger charge is 2.46. The molecule has 1 heterocycles. The Balaban J connectivity index is 1.65. The summed E-state index contributed by atoms with van der Waals surface area (Å²) in [6.45, 7) is 3.07. The van der Waals surface area contributed by atoms with Crippen LogP contribution in [0.15, 0.2) is 30.3 Å². The molecule has 0 N–H and O–H groups in total. The first-order chi connectivity index (χ1) is 10.6. The van der Waals surface area contributed by atoms with E-state index in [9.17, 15) is 9.59 Å². The number of carbonyl (C=O) groups is 2. The van der Waals surface area contributed by atoms with Gasteiger partial charge in [0, 0.05) is 18.7 Å². The highest BCUT2D eigenvalue weighted by molar-refractivity contribution is 5.96. The van der Waals surface area contributed by atoms with E-state index < -0.39 is 0 Å². The average Bonchev–Trinajstić information content (AvgIpc) is 2.85. The van der Waals surface area contributed by atoms with Gasteiger partial charge in [0.05, 0.1) is 12.5 Å². The van der Waals surface area contributed by atoms with E-state index in [1.807, 2.05) is 42.2 Å². The summed E-state index contributed by atoms with van der Waals surface area (Å²) >= 11 is 0. The Labute approximate surface area is 131 Å². The number of benzene rings is 1. The molecule has 1 aromatic rings. The molecular formula is C18H23NO3. The van der Waals surface area contributed by atoms with Crippen molar-refractivity contribution < 1.29 is 14.3 Å².